The molecule has 0 aliphatic rings. The molecule has 0 radical (unpaired) electrons. The Morgan fingerprint density at radius 2 is 2.06 bits per heavy atom. The van der Waals surface area contributed by atoms with Crippen LogP contribution in [-0.4, -0.2) is 22.5 Å². The van der Waals surface area contributed by atoms with Crippen molar-refractivity contribution < 1.29 is 14.7 Å². The molecule has 0 aliphatic heterocycles. The zero-order chi connectivity index (χ0) is 13.9. The molecule has 0 bridgehead atoms. The first-order chi connectivity index (χ1) is 8.21. The number of carbonyl (C=O) groups excluding carboxylic acids is 1. The number of halogens is 1. The average Bonchev–Trinajstić information content (AvgIpc) is 2.19. The molecule has 1 rings (SSSR count). The SMILES string of the molecule is CC(C)(CC(=O)O)NC(=O)c1ccc(Cl)c(N)c1. The number of carboxylic acids is 1. The highest BCUT2D eigenvalue weighted by atomic mass is 35.5. The van der Waals surface area contributed by atoms with E-state index < -0.39 is 11.5 Å². The fourth-order valence-corrected chi connectivity index (χ4v) is 1.60. The van der Waals surface area contributed by atoms with E-state index in [2.05, 4.69) is 5.32 Å². The first-order valence-electron chi connectivity index (χ1n) is 5.30. The van der Waals surface area contributed by atoms with Gasteiger partial charge in [0.25, 0.3) is 5.91 Å². The minimum atomic E-state index is -0.976. The van der Waals surface area contributed by atoms with E-state index in [1.807, 2.05) is 0 Å². The Morgan fingerprint density at radius 1 is 1.44 bits per heavy atom. The fourth-order valence-electron chi connectivity index (χ4n) is 1.49. The molecular formula is C12H15ClN2O3. The van der Waals surface area contributed by atoms with Crippen LogP contribution in [0, 0.1) is 0 Å². The van der Waals surface area contributed by atoms with Gasteiger partial charge in [-0.25, -0.2) is 0 Å². The van der Waals surface area contributed by atoms with Gasteiger partial charge in [-0.1, -0.05) is 11.6 Å². The second-order valence-electron chi connectivity index (χ2n) is 4.64. The molecule has 0 spiro atoms. The summed E-state index contributed by atoms with van der Waals surface area (Å²) in [5, 5.41) is 11.7. The van der Waals surface area contributed by atoms with Crippen molar-refractivity contribution in [2.45, 2.75) is 25.8 Å². The lowest BCUT2D eigenvalue weighted by Gasteiger charge is -2.24. The highest BCUT2D eigenvalue weighted by Crippen LogP contribution is 2.20. The third-order valence-electron chi connectivity index (χ3n) is 2.30. The quantitative estimate of drug-likeness (QED) is 0.729. The standard InChI is InChI=1S/C12H15ClN2O3/c1-12(2,6-10(16)17)15-11(18)7-3-4-8(13)9(14)5-7/h3-5H,6,14H2,1-2H3,(H,15,18)(H,16,17). The normalized spacial score (nSPS) is 11.1. The minimum absolute atomic E-state index is 0.165. The number of nitrogen functional groups attached to an aromatic ring is 1. The topological polar surface area (TPSA) is 92.4 Å². The van der Waals surface area contributed by atoms with E-state index in [1.165, 1.54) is 18.2 Å². The maximum atomic E-state index is 11.9. The van der Waals surface area contributed by atoms with Gasteiger partial charge in [0.05, 0.1) is 17.1 Å². The third-order valence-corrected chi connectivity index (χ3v) is 2.65. The number of nitrogens with one attached hydrogen (secondary N) is 1. The minimum Gasteiger partial charge on any atom is -0.481 e. The van der Waals surface area contributed by atoms with Crippen molar-refractivity contribution in [3.05, 3.63) is 28.8 Å². The van der Waals surface area contributed by atoms with E-state index in [0.717, 1.165) is 0 Å². The number of carboxylic acid groups (broad SMARTS) is 1. The van der Waals surface area contributed by atoms with Crippen molar-refractivity contribution >= 4 is 29.2 Å². The summed E-state index contributed by atoms with van der Waals surface area (Å²) in [6.07, 6.45) is -0.165. The van der Waals surface area contributed by atoms with Crippen molar-refractivity contribution in [3.63, 3.8) is 0 Å². The third kappa shape index (κ3) is 3.92. The molecule has 1 amide bonds. The van der Waals surface area contributed by atoms with Crippen LogP contribution in [0.4, 0.5) is 5.69 Å². The second kappa shape index (κ2) is 5.27. The first kappa shape index (κ1) is 14.3. The lowest BCUT2D eigenvalue weighted by Crippen LogP contribution is -2.44. The van der Waals surface area contributed by atoms with Crippen LogP contribution in [0.5, 0.6) is 0 Å². The summed E-state index contributed by atoms with van der Waals surface area (Å²) in [4.78, 5) is 22.5. The summed E-state index contributed by atoms with van der Waals surface area (Å²) in [5.74, 6) is -1.36. The summed E-state index contributed by atoms with van der Waals surface area (Å²) < 4.78 is 0. The van der Waals surface area contributed by atoms with Gasteiger partial charge in [-0.2, -0.15) is 0 Å². The molecule has 4 N–H and O–H groups in total. The number of rotatable bonds is 4. The van der Waals surface area contributed by atoms with E-state index in [-0.39, 0.29) is 12.3 Å². The van der Waals surface area contributed by atoms with Crippen LogP contribution in [0.15, 0.2) is 18.2 Å². The van der Waals surface area contributed by atoms with Gasteiger partial charge in [0.2, 0.25) is 0 Å². The summed E-state index contributed by atoms with van der Waals surface area (Å²) in [6.45, 7) is 3.27. The lowest BCUT2D eigenvalue weighted by molar-refractivity contribution is -0.138. The molecular weight excluding hydrogens is 256 g/mol. The molecule has 1 aromatic carbocycles. The van der Waals surface area contributed by atoms with Crippen molar-refractivity contribution in [2.24, 2.45) is 0 Å². The Morgan fingerprint density at radius 3 is 2.56 bits per heavy atom. The zero-order valence-electron chi connectivity index (χ0n) is 10.2. The molecule has 0 unspecified atom stereocenters. The molecule has 0 heterocycles. The van der Waals surface area contributed by atoms with E-state index in [4.69, 9.17) is 22.4 Å². The summed E-state index contributed by atoms with van der Waals surface area (Å²) in [7, 11) is 0. The van der Waals surface area contributed by atoms with Gasteiger partial charge in [0, 0.05) is 11.1 Å². The summed E-state index contributed by atoms with van der Waals surface area (Å²) >= 11 is 5.75. The van der Waals surface area contributed by atoms with Gasteiger partial charge in [-0.3, -0.25) is 9.59 Å². The van der Waals surface area contributed by atoms with Crippen molar-refractivity contribution in [1.29, 1.82) is 0 Å². The van der Waals surface area contributed by atoms with Crippen LogP contribution >= 0.6 is 11.6 Å². The number of anilines is 1. The highest BCUT2D eigenvalue weighted by Gasteiger charge is 2.24. The molecule has 0 aromatic heterocycles. The Hall–Kier alpha value is -1.75. The molecule has 0 fully saturated rings. The second-order valence-corrected chi connectivity index (χ2v) is 5.05. The number of nitrogens with two attached hydrogens (primary N) is 1. The molecule has 6 heteroatoms. The van der Waals surface area contributed by atoms with Crippen molar-refractivity contribution in [2.75, 3.05) is 5.73 Å². The predicted molar refractivity (Wildman–Crippen MR) is 69.7 cm³/mol. The maximum absolute atomic E-state index is 11.9. The van der Waals surface area contributed by atoms with Gasteiger partial charge in [-0.05, 0) is 32.0 Å². The Kier molecular flexibility index (Phi) is 4.19. The summed E-state index contributed by atoms with van der Waals surface area (Å²) in [5.41, 5.74) is 5.41. The number of amides is 1. The number of hydrogen-bond donors (Lipinski definition) is 3. The Balaban J connectivity index is 2.82. The van der Waals surface area contributed by atoms with Crippen LogP contribution in [0.2, 0.25) is 5.02 Å². The number of carbonyl (C=O) groups is 2. The van der Waals surface area contributed by atoms with Crippen LogP contribution in [0.25, 0.3) is 0 Å². The smallest absolute Gasteiger partial charge is 0.305 e. The number of aliphatic carboxylic acids is 1. The highest BCUT2D eigenvalue weighted by molar-refractivity contribution is 6.33. The fraction of sp³-hybridized carbons (Fsp3) is 0.333. The van der Waals surface area contributed by atoms with Gasteiger partial charge in [-0.15, -0.1) is 0 Å². The molecule has 98 valence electrons. The molecule has 5 nitrogen and oxygen atoms in total. The number of hydrogen-bond acceptors (Lipinski definition) is 3. The molecule has 1 aromatic rings. The van der Waals surface area contributed by atoms with Gasteiger partial charge >= 0.3 is 5.97 Å². The van der Waals surface area contributed by atoms with Crippen LogP contribution < -0.4 is 11.1 Å². The molecule has 0 aliphatic carbocycles. The van der Waals surface area contributed by atoms with Gasteiger partial charge in [0.15, 0.2) is 0 Å². The molecule has 0 saturated carbocycles. The summed E-state index contributed by atoms with van der Waals surface area (Å²) in [6, 6.07) is 4.51. The lowest BCUT2D eigenvalue weighted by atomic mass is 10.00. The monoisotopic (exact) mass is 270 g/mol. The largest absolute Gasteiger partial charge is 0.481 e. The van der Waals surface area contributed by atoms with Crippen molar-refractivity contribution in [3.8, 4) is 0 Å². The first-order valence-corrected chi connectivity index (χ1v) is 5.68. The van der Waals surface area contributed by atoms with E-state index in [0.29, 0.717) is 16.3 Å². The van der Waals surface area contributed by atoms with E-state index in [9.17, 15) is 9.59 Å². The molecule has 0 saturated heterocycles. The zero-order valence-corrected chi connectivity index (χ0v) is 10.9. The van der Waals surface area contributed by atoms with E-state index >= 15 is 0 Å². The van der Waals surface area contributed by atoms with Crippen molar-refractivity contribution in [1.82, 2.24) is 5.32 Å². The Labute approximate surface area is 110 Å². The van der Waals surface area contributed by atoms with E-state index in [1.54, 1.807) is 13.8 Å². The predicted octanol–water partition coefficient (Wildman–Crippen LogP) is 1.91. The molecule has 18 heavy (non-hydrogen) atoms. The van der Waals surface area contributed by atoms with Crippen LogP contribution in [0.1, 0.15) is 30.6 Å². The average molecular weight is 271 g/mol. The molecule has 0 atom stereocenters. The number of benzene rings is 1. The van der Waals surface area contributed by atoms with Gasteiger partial charge < -0.3 is 16.2 Å². The van der Waals surface area contributed by atoms with Crippen LogP contribution in [0.3, 0.4) is 0 Å². The van der Waals surface area contributed by atoms with Gasteiger partial charge in [0.1, 0.15) is 0 Å². The maximum Gasteiger partial charge on any atom is 0.305 e. The Bertz CT molecular complexity index is 486. The van der Waals surface area contributed by atoms with Crippen LogP contribution in [-0.2, 0) is 4.79 Å².